The lowest BCUT2D eigenvalue weighted by Gasteiger charge is -2.25. The molecule has 0 aromatic heterocycles. The Bertz CT molecular complexity index is 524. The number of amides is 1. The molecular formula is C17H23NO2. The zero-order valence-electron chi connectivity index (χ0n) is 12.7. The van der Waals surface area contributed by atoms with Gasteiger partial charge in [-0.3, -0.25) is 4.79 Å². The molecule has 0 heterocycles. The van der Waals surface area contributed by atoms with Crippen LogP contribution < -0.4 is 0 Å². The second-order valence-corrected chi connectivity index (χ2v) is 5.05. The molecule has 1 N–H and O–H groups in total. The van der Waals surface area contributed by atoms with Crippen molar-refractivity contribution in [3.63, 3.8) is 0 Å². The minimum atomic E-state index is 0.0383. The summed E-state index contributed by atoms with van der Waals surface area (Å²) in [5.41, 5.74) is 2.51. The van der Waals surface area contributed by atoms with Crippen molar-refractivity contribution in [3.05, 3.63) is 34.9 Å². The molecule has 108 valence electrons. The molecule has 0 unspecified atom stereocenters. The number of nitrogens with zero attached hydrogens (tertiary/aromatic N) is 1. The fourth-order valence-corrected chi connectivity index (χ4v) is 2.11. The Kier molecular flexibility index (Phi) is 6.27. The molecule has 1 aromatic rings. The van der Waals surface area contributed by atoms with E-state index in [1.165, 1.54) is 0 Å². The van der Waals surface area contributed by atoms with E-state index in [0.29, 0.717) is 18.5 Å². The third kappa shape index (κ3) is 4.40. The summed E-state index contributed by atoms with van der Waals surface area (Å²) in [4.78, 5) is 14.3. The van der Waals surface area contributed by atoms with Crippen LogP contribution in [0.5, 0.6) is 0 Å². The highest BCUT2D eigenvalue weighted by atomic mass is 16.2. The molecular weight excluding hydrogens is 250 g/mol. The number of hydrogen-bond acceptors (Lipinski definition) is 2. The number of hydrogen-bond donors (Lipinski definition) is 1. The molecule has 0 bridgehead atoms. The van der Waals surface area contributed by atoms with Gasteiger partial charge in [0.1, 0.15) is 0 Å². The number of aliphatic hydroxyl groups is 1. The summed E-state index contributed by atoms with van der Waals surface area (Å²) in [5.74, 6) is 5.91. The van der Waals surface area contributed by atoms with E-state index < -0.39 is 0 Å². The van der Waals surface area contributed by atoms with Gasteiger partial charge in [0.05, 0.1) is 6.61 Å². The predicted molar refractivity (Wildman–Crippen MR) is 81.6 cm³/mol. The lowest BCUT2D eigenvalue weighted by atomic mass is 10.0. The van der Waals surface area contributed by atoms with Crippen LogP contribution in [0.15, 0.2) is 18.2 Å². The van der Waals surface area contributed by atoms with E-state index in [0.717, 1.165) is 11.1 Å². The van der Waals surface area contributed by atoms with Crippen LogP contribution in [0.1, 0.15) is 48.7 Å². The van der Waals surface area contributed by atoms with Crippen molar-refractivity contribution >= 4 is 5.91 Å². The topological polar surface area (TPSA) is 40.5 Å². The van der Waals surface area contributed by atoms with Crippen molar-refractivity contribution in [2.45, 2.75) is 40.2 Å². The van der Waals surface area contributed by atoms with Crippen LogP contribution in [0.3, 0.4) is 0 Å². The molecule has 0 aliphatic rings. The molecule has 0 aliphatic carbocycles. The third-order valence-corrected chi connectivity index (χ3v) is 3.02. The quantitative estimate of drug-likeness (QED) is 0.857. The smallest absolute Gasteiger partial charge is 0.254 e. The molecule has 0 radical (unpaired) electrons. The van der Waals surface area contributed by atoms with Crippen LogP contribution in [0, 0.1) is 18.8 Å². The van der Waals surface area contributed by atoms with Crippen LogP contribution >= 0.6 is 0 Å². The van der Waals surface area contributed by atoms with Crippen molar-refractivity contribution in [2.24, 2.45) is 0 Å². The number of aryl methyl sites for hydroxylation is 1. The third-order valence-electron chi connectivity index (χ3n) is 3.02. The summed E-state index contributed by atoms with van der Waals surface area (Å²) in [7, 11) is 0. The van der Waals surface area contributed by atoms with E-state index >= 15 is 0 Å². The van der Waals surface area contributed by atoms with Gasteiger partial charge in [-0.1, -0.05) is 11.8 Å². The SMILES string of the molecule is CCN(C(=O)c1cc(C)cc(C#CCCO)c1)C(C)C. The standard InChI is InChI=1S/C17H23NO2/c1-5-18(13(2)3)17(20)16-11-14(4)10-15(12-16)8-6-7-9-19/h10-13,19H,5,7,9H2,1-4H3. The summed E-state index contributed by atoms with van der Waals surface area (Å²) < 4.78 is 0. The molecule has 1 aromatic carbocycles. The summed E-state index contributed by atoms with van der Waals surface area (Å²) in [6, 6.07) is 5.85. The fraction of sp³-hybridized carbons (Fsp3) is 0.471. The maximum atomic E-state index is 12.5. The first-order valence-electron chi connectivity index (χ1n) is 7.02. The number of aliphatic hydroxyl groups excluding tert-OH is 1. The summed E-state index contributed by atoms with van der Waals surface area (Å²) in [6.45, 7) is 8.71. The first-order chi connectivity index (χ1) is 9.49. The van der Waals surface area contributed by atoms with Crippen molar-refractivity contribution in [1.29, 1.82) is 0 Å². The van der Waals surface area contributed by atoms with Crippen molar-refractivity contribution in [3.8, 4) is 11.8 Å². The minimum Gasteiger partial charge on any atom is -0.395 e. The van der Waals surface area contributed by atoms with Gasteiger partial charge in [-0.2, -0.15) is 0 Å². The zero-order chi connectivity index (χ0) is 15.1. The normalized spacial score (nSPS) is 10.1. The highest BCUT2D eigenvalue weighted by molar-refractivity contribution is 5.95. The molecule has 1 rings (SSSR count). The van der Waals surface area contributed by atoms with Gasteiger partial charge in [-0.25, -0.2) is 0 Å². The molecule has 3 heteroatoms. The Morgan fingerprint density at radius 2 is 2.05 bits per heavy atom. The van der Waals surface area contributed by atoms with Crippen LogP contribution in [-0.2, 0) is 0 Å². The lowest BCUT2D eigenvalue weighted by molar-refractivity contribution is 0.0717. The number of carbonyl (C=O) groups is 1. The second-order valence-electron chi connectivity index (χ2n) is 5.05. The Hall–Kier alpha value is -1.79. The van der Waals surface area contributed by atoms with Crippen LogP contribution in [0.4, 0.5) is 0 Å². The molecule has 0 aliphatic heterocycles. The molecule has 0 saturated carbocycles. The zero-order valence-corrected chi connectivity index (χ0v) is 12.7. The maximum absolute atomic E-state index is 12.5. The number of carbonyl (C=O) groups excluding carboxylic acids is 1. The van der Waals surface area contributed by atoms with E-state index in [4.69, 9.17) is 5.11 Å². The van der Waals surface area contributed by atoms with Gasteiger partial charge in [0, 0.05) is 30.1 Å². The predicted octanol–water partition coefficient (Wildman–Crippen LogP) is 2.60. The molecule has 0 fully saturated rings. The Labute approximate surface area is 121 Å². The van der Waals surface area contributed by atoms with E-state index in [2.05, 4.69) is 11.8 Å². The Morgan fingerprint density at radius 1 is 1.35 bits per heavy atom. The highest BCUT2D eigenvalue weighted by Gasteiger charge is 2.17. The lowest BCUT2D eigenvalue weighted by Crippen LogP contribution is -2.36. The van der Waals surface area contributed by atoms with Gasteiger partial charge in [0.25, 0.3) is 5.91 Å². The van der Waals surface area contributed by atoms with Crippen molar-refractivity contribution < 1.29 is 9.90 Å². The first-order valence-corrected chi connectivity index (χ1v) is 7.02. The molecule has 0 spiro atoms. The minimum absolute atomic E-state index is 0.0383. The van der Waals surface area contributed by atoms with Gasteiger partial charge < -0.3 is 10.0 Å². The Balaban J connectivity index is 3.07. The van der Waals surface area contributed by atoms with E-state index in [1.54, 1.807) is 0 Å². The summed E-state index contributed by atoms with van der Waals surface area (Å²) >= 11 is 0. The summed E-state index contributed by atoms with van der Waals surface area (Å²) in [5, 5.41) is 8.74. The van der Waals surface area contributed by atoms with E-state index in [-0.39, 0.29) is 18.6 Å². The van der Waals surface area contributed by atoms with Gasteiger partial charge >= 0.3 is 0 Å². The van der Waals surface area contributed by atoms with Crippen LogP contribution in [0.2, 0.25) is 0 Å². The van der Waals surface area contributed by atoms with Gasteiger partial charge in [0.15, 0.2) is 0 Å². The monoisotopic (exact) mass is 273 g/mol. The number of rotatable bonds is 4. The van der Waals surface area contributed by atoms with Gasteiger partial charge in [-0.15, -0.1) is 0 Å². The largest absolute Gasteiger partial charge is 0.395 e. The van der Waals surface area contributed by atoms with Crippen molar-refractivity contribution in [2.75, 3.05) is 13.2 Å². The number of benzene rings is 1. The fourth-order valence-electron chi connectivity index (χ4n) is 2.11. The highest BCUT2D eigenvalue weighted by Crippen LogP contribution is 2.13. The van der Waals surface area contributed by atoms with E-state index in [1.807, 2.05) is 50.8 Å². The molecule has 0 atom stereocenters. The van der Waals surface area contributed by atoms with Gasteiger partial charge in [0.2, 0.25) is 0 Å². The van der Waals surface area contributed by atoms with E-state index in [9.17, 15) is 4.79 Å². The second kappa shape index (κ2) is 7.72. The average molecular weight is 273 g/mol. The molecule has 0 saturated heterocycles. The molecule has 20 heavy (non-hydrogen) atoms. The van der Waals surface area contributed by atoms with Gasteiger partial charge in [-0.05, 0) is 51.5 Å². The molecule has 3 nitrogen and oxygen atoms in total. The summed E-state index contributed by atoms with van der Waals surface area (Å²) in [6.07, 6.45) is 0.449. The molecule has 1 amide bonds. The first kappa shape index (κ1) is 16.3. The Morgan fingerprint density at radius 3 is 2.60 bits per heavy atom. The van der Waals surface area contributed by atoms with Crippen molar-refractivity contribution in [1.82, 2.24) is 4.90 Å². The average Bonchev–Trinajstić information content (AvgIpc) is 2.38. The maximum Gasteiger partial charge on any atom is 0.254 e. The van der Waals surface area contributed by atoms with Crippen LogP contribution in [-0.4, -0.2) is 35.1 Å². The van der Waals surface area contributed by atoms with Crippen LogP contribution in [0.25, 0.3) is 0 Å².